The highest BCUT2D eigenvalue weighted by atomic mass is 16.2. The molecule has 4 heteroatoms. The molecule has 3 aliphatic rings. The zero-order chi connectivity index (χ0) is 14.7. The predicted molar refractivity (Wildman–Crippen MR) is 81.6 cm³/mol. The molecule has 2 aliphatic carbocycles. The fourth-order valence-electron chi connectivity index (χ4n) is 3.36. The number of nitrogens with zero attached hydrogens (tertiary/aromatic N) is 1. The van der Waals surface area contributed by atoms with Gasteiger partial charge in [-0.15, -0.1) is 0 Å². The summed E-state index contributed by atoms with van der Waals surface area (Å²) in [5.74, 6) is 0.806. The van der Waals surface area contributed by atoms with Gasteiger partial charge < -0.3 is 10.2 Å². The number of amides is 2. The molecule has 1 N–H and O–H groups in total. The lowest BCUT2D eigenvalue weighted by molar-refractivity contribution is -0.129. The van der Waals surface area contributed by atoms with E-state index in [1.54, 1.807) is 0 Å². The Kier molecular flexibility index (Phi) is 4.61. The standard InChI is InChI=1S/C17H26N2O2/c20-16-10-15(12-19(16)11-14-6-7-14)17(21)18-9-8-13-4-2-1-3-5-13/h4,14-15H,1-3,5-12H2,(H,18,21). The van der Waals surface area contributed by atoms with Crippen LogP contribution in [0.2, 0.25) is 0 Å². The van der Waals surface area contributed by atoms with Gasteiger partial charge in [-0.3, -0.25) is 9.59 Å². The topological polar surface area (TPSA) is 49.4 Å². The van der Waals surface area contributed by atoms with Crippen LogP contribution in [0.3, 0.4) is 0 Å². The Morgan fingerprint density at radius 1 is 1.33 bits per heavy atom. The molecule has 1 saturated heterocycles. The monoisotopic (exact) mass is 290 g/mol. The second-order valence-electron chi connectivity index (χ2n) is 6.79. The summed E-state index contributed by atoms with van der Waals surface area (Å²) < 4.78 is 0. The maximum Gasteiger partial charge on any atom is 0.225 e. The number of rotatable bonds is 6. The first-order valence-corrected chi connectivity index (χ1v) is 8.46. The molecule has 3 rings (SSSR count). The second-order valence-corrected chi connectivity index (χ2v) is 6.79. The SMILES string of the molecule is O=C(NCCC1=CCCCC1)C1CC(=O)N(CC2CC2)C1. The summed E-state index contributed by atoms with van der Waals surface area (Å²) in [6, 6.07) is 0. The summed E-state index contributed by atoms with van der Waals surface area (Å²) in [5, 5.41) is 3.02. The molecule has 1 unspecified atom stereocenters. The van der Waals surface area contributed by atoms with Crippen LogP contribution < -0.4 is 5.32 Å². The first-order valence-electron chi connectivity index (χ1n) is 8.46. The van der Waals surface area contributed by atoms with Gasteiger partial charge in [-0.25, -0.2) is 0 Å². The zero-order valence-corrected chi connectivity index (χ0v) is 12.8. The van der Waals surface area contributed by atoms with Gasteiger partial charge in [0.05, 0.1) is 5.92 Å². The van der Waals surface area contributed by atoms with Gasteiger partial charge in [0.25, 0.3) is 0 Å². The van der Waals surface area contributed by atoms with E-state index in [2.05, 4.69) is 11.4 Å². The number of allylic oxidation sites excluding steroid dienone is 1. The van der Waals surface area contributed by atoms with Crippen molar-refractivity contribution < 1.29 is 9.59 Å². The average molecular weight is 290 g/mol. The molecular formula is C17H26N2O2. The number of hydrogen-bond acceptors (Lipinski definition) is 2. The van der Waals surface area contributed by atoms with Crippen molar-refractivity contribution in [3.05, 3.63) is 11.6 Å². The highest BCUT2D eigenvalue weighted by Crippen LogP contribution is 2.32. The molecule has 0 spiro atoms. The smallest absolute Gasteiger partial charge is 0.225 e. The van der Waals surface area contributed by atoms with Gasteiger partial charge in [0.15, 0.2) is 0 Å². The van der Waals surface area contributed by atoms with Crippen LogP contribution in [0.25, 0.3) is 0 Å². The molecule has 0 aromatic carbocycles. The van der Waals surface area contributed by atoms with E-state index in [4.69, 9.17) is 0 Å². The molecule has 0 aromatic heterocycles. The first-order chi connectivity index (χ1) is 10.2. The number of hydrogen-bond donors (Lipinski definition) is 1. The Labute approximate surface area is 127 Å². The third-order valence-electron chi connectivity index (χ3n) is 4.89. The number of likely N-dealkylation sites (tertiary alicyclic amines) is 1. The summed E-state index contributed by atoms with van der Waals surface area (Å²) in [6.07, 6.45) is 11.2. The molecule has 0 aromatic rings. The van der Waals surface area contributed by atoms with Gasteiger partial charge in [0, 0.05) is 26.1 Å². The van der Waals surface area contributed by atoms with Crippen LogP contribution in [0.4, 0.5) is 0 Å². The van der Waals surface area contributed by atoms with Gasteiger partial charge in [-0.05, 0) is 50.9 Å². The van der Waals surface area contributed by atoms with Crippen LogP contribution in [-0.4, -0.2) is 36.3 Å². The minimum Gasteiger partial charge on any atom is -0.355 e. The molecule has 1 aliphatic heterocycles. The molecule has 116 valence electrons. The van der Waals surface area contributed by atoms with Crippen molar-refractivity contribution in [3.8, 4) is 0 Å². The van der Waals surface area contributed by atoms with Crippen LogP contribution >= 0.6 is 0 Å². The van der Waals surface area contributed by atoms with Gasteiger partial charge in [-0.1, -0.05) is 11.6 Å². The molecule has 1 heterocycles. The van der Waals surface area contributed by atoms with Gasteiger partial charge in [-0.2, -0.15) is 0 Å². The predicted octanol–water partition coefficient (Wildman–Crippen LogP) is 2.25. The van der Waals surface area contributed by atoms with Crippen LogP contribution in [0, 0.1) is 11.8 Å². The highest BCUT2D eigenvalue weighted by molar-refractivity contribution is 5.89. The average Bonchev–Trinajstić information content (AvgIpc) is 3.23. The highest BCUT2D eigenvalue weighted by Gasteiger charge is 2.36. The van der Waals surface area contributed by atoms with Crippen molar-refractivity contribution in [2.75, 3.05) is 19.6 Å². The lowest BCUT2D eigenvalue weighted by atomic mass is 9.97. The number of carbonyl (C=O) groups is 2. The zero-order valence-electron chi connectivity index (χ0n) is 12.8. The van der Waals surface area contributed by atoms with Crippen molar-refractivity contribution >= 4 is 11.8 Å². The van der Waals surface area contributed by atoms with Gasteiger partial charge in [0.1, 0.15) is 0 Å². The maximum atomic E-state index is 12.2. The summed E-state index contributed by atoms with van der Waals surface area (Å²) >= 11 is 0. The normalized spacial score (nSPS) is 25.9. The molecule has 0 radical (unpaired) electrons. The number of nitrogens with one attached hydrogen (secondary N) is 1. The minimum atomic E-state index is -0.128. The van der Waals surface area contributed by atoms with Gasteiger partial charge in [0.2, 0.25) is 11.8 Å². The van der Waals surface area contributed by atoms with E-state index >= 15 is 0 Å². The van der Waals surface area contributed by atoms with Crippen LogP contribution in [-0.2, 0) is 9.59 Å². The molecule has 1 saturated carbocycles. The fourth-order valence-corrected chi connectivity index (χ4v) is 3.36. The molecule has 1 atom stereocenters. The van der Waals surface area contributed by atoms with Crippen LogP contribution in [0.1, 0.15) is 51.4 Å². The maximum absolute atomic E-state index is 12.2. The van der Waals surface area contributed by atoms with Crippen LogP contribution in [0.5, 0.6) is 0 Å². The summed E-state index contributed by atoms with van der Waals surface area (Å²) in [5.41, 5.74) is 1.49. The first kappa shape index (κ1) is 14.6. The second kappa shape index (κ2) is 6.63. The van der Waals surface area contributed by atoms with Crippen molar-refractivity contribution in [1.82, 2.24) is 10.2 Å². The van der Waals surface area contributed by atoms with E-state index in [0.717, 1.165) is 19.5 Å². The van der Waals surface area contributed by atoms with E-state index in [1.807, 2.05) is 4.90 Å². The van der Waals surface area contributed by atoms with Crippen molar-refractivity contribution in [2.45, 2.75) is 51.4 Å². The van der Waals surface area contributed by atoms with Crippen LogP contribution in [0.15, 0.2) is 11.6 Å². The Morgan fingerprint density at radius 2 is 2.19 bits per heavy atom. The fraction of sp³-hybridized carbons (Fsp3) is 0.765. The van der Waals surface area contributed by atoms with Gasteiger partial charge >= 0.3 is 0 Å². The van der Waals surface area contributed by atoms with E-state index in [9.17, 15) is 9.59 Å². The molecule has 21 heavy (non-hydrogen) atoms. The molecular weight excluding hydrogens is 264 g/mol. The van der Waals surface area contributed by atoms with E-state index in [1.165, 1.54) is 44.1 Å². The summed E-state index contributed by atoms with van der Waals surface area (Å²) in [7, 11) is 0. The molecule has 2 fully saturated rings. The third-order valence-corrected chi connectivity index (χ3v) is 4.89. The summed E-state index contributed by atoms with van der Waals surface area (Å²) in [4.78, 5) is 26.0. The quantitative estimate of drug-likeness (QED) is 0.763. The van der Waals surface area contributed by atoms with Crippen molar-refractivity contribution in [2.24, 2.45) is 11.8 Å². The lowest BCUT2D eigenvalue weighted by Gasteiger charge is -2.16. The molecule has 0 bridgehead atoms. The van der Waals surface area contributed by atoms with Crippen molar-refractivity contribution in [3.63, 3.8) is 0 Å². The van der Waals surface area contributed by atoms with E-state index in [-0.39, 0.29) is 17.7 Å². The molecule has 4 nitrogen and oxygen atoms in total. The Balaban J connectivity index is 1.38. The van der Waals surface area contributed by atoms with E-state index in [0.29, 0.717) is 18.9 Å². The molecule has 2 amide bonds. The Morgan fingerprint density at radius 3 is 2.90 bits per heavy atom. The number of carbonyl (C=O) groups excluding carboxylic acids is 2. The lowest BCUT2D eigenvalue weighted by Crippen LogP contribution is -2.34. The van der Waals surface area contributed by atoms with Crippen molar-refractivity contribution in [1.29, 1.82) is 0 Å². The largest absolute Gasteiger partial charge is 0.355 e. The van der Waals surface area contributed by atoms with E-state index < -0.39 is 0 Å². The Bertz CT molecular complexity index is 440. The minimum absolute atomic E-state index is 0.0676. The third kappa shape index (κ3) is 4.08. The summed E-state index contributed by atoms with van der Waals surface area (Å²) in [6.45, 7) is 2.22. The Hall–Kier alpha value is -1.32.